The lowest BCUT2D eigenvalue weighted by Gasteiger charge is -2.12. The molecule has 1 saturated carbocycles. The van der Waals surface area contributed by atoms with Crippen LogP contribution in [0.25, 0.3) is 0 Å². The largest absolute Gasteiger partial charge is 0.330 e. The van der Waals surface area contributed by atoms with Gasteiger partial charge >= 0.3 is 0 Å². The average Bonchev–Trinajstić information content (AvgIpc) is 2.91. The molecule has 0 atom stereocenters. The van der Waals surface area contributed by atoms with Crippen LogP contribution in [0.4, 0.5) is 0 Å². The highest BCUT2D eigenvalue weighted by Gasteiger charge is 2.41. The molecule has 0 unspecified atom stereocenters. The SMILES string of the molecule is NCC1(CNS(=O)(=O)c2ccc(Br)s2)CC1. The molecule has 1 aliphatic rings. The van der Waals surface area contributed by atoms with Gasteiger partial charge in [0.1, 0.15) is 4.21 Å². The lowest BCUT2D eigenvalue weighted by atomic mass is 10.1. The number of halogens is 1. The summed E-state index contributed by atoms with van der Waals surface area (Å²) in [7, 11) is -3.36. The standard InChI is InChI=1S/C9H13BrN2O2S2/c10-7-1-2-8(15-7)16(13,14)12-6-9(5-11)3-4-9/h1-2,12H,3-6,11H2. The van der Waals surface area contributed by atoms with Gasteiger partial charge in [-0.25, -0.2) is 13.1 Å². The summed E-state index contributed by atoms with van der Waals surface area (Å²) in [5.74, 6) is 0. The van der Waals surface area contributed by atoms with E-state index in [1.807, 2.05) is 0 Å². The Morgan fingerprint density at radius 1 is 1.50 bits per heavy atom. The summed E-state index contributed by atoms with van der Waals surface area (Å²) in [6.45, 7) is 0.991. The van der Waals surface area contributed by atoms with E-state index in [0.29, 0.717) is 17.3 Å². The quantitative estimate of drug-likeness (QED) is 0.862. The van der Waals surface area contributed by atoms with Gasteiger partial charge in [0, 0.05) is 6.54 Å². The maximum absolute atomic E-state index is 11.9. The Kier molecular flexibility index (Phi) is 3.42. The first-order chi connectivity index (χ1) is 7.47. The van der Waals surface area contributed by atoms with E-state index in [9.17, 15) is 8.42 Å². The Balaban J connectivity index is 2.04. The van der Waals surface area contributed by atoms with Crippen LogP contribution in [0.2, 0.25) is 0 Å². The normalized spacial score (nSPS) is 18.6. The van der Waals surface area contributed by atoms with E-state index < -0.39 is 10.0 Å². The third-order valence-corrected chi connectivity index (χ3v) is 6.36. The van der Waals surface area contributed by atoms with Gasteiger partial charge in [-0.15, -0.1) is 11.3 Å². The Hall–Kier alpha value is 0.0500. The highest BCUT2D eigenvalue weighted by atomic mass is 79.9. The molecule has 0 saturated heterocycles. The van der Waals surface area contributed by atoms with Crippen LogP contribution in [0, 0.1) is 5.41 Å². The zero-order chi connectivity index (χ0) is 11.8. The van der Waals surface area contributed by atoms with Gasteiger partial charge in [-0.3, -0.25) is 0 Å². The lowest BCUT2D eigenvalue weighted by Crippen LogP contribution is -2.33. The molecule has 0 aromatic carbocycles. The first-order valence-corrected chi connectivity index (χ1v) is 8.02. The van der Waals surface area contributed by atoms with Crippen molar-refractivity contribution in [3.63, 3.8) is 0 Å². The topological polar surface area (TPSA) is 72.2 Å². The molecular weight excluding hydrogens is 312 g/mol. The Morgan fingerprint density at radius 3 is 2.62 bits per heavy atom. The number of nitrogens with two attached hydrogens (primary N) is 1. The van der Waals surface area contributed by atoms with Gasteiger partial charge in [0.25, 0.3) is 0 Å². The van der Waals surface area contributed by atoms with E-state index in [0.717, 1.165) is 16.6 Å². The zero-order valence-electron chi connectivity index (χ0n) is 8.57. The summed E-state index contributed by atoms with van der Waals surface area (Å²) in [6.07, 6.45) is 2.03. The van der Waals surface area contributed by atoms with Crippen molar-refractivity contribution < 1.29 is 8.42 Å². The molecule has 90 valence electrons. The average molecular weight is 325 g/mol. The number of sulfonamides is 1. The zero-order valence-corrected chi connectivity index (χ0v) is 11.8. The molecule has 1 aromatic rings. The van der Waals surface area contributed by atoms with E-state index in [1.54, 1.807) is 12.1 Å². The molecular formula is C9H13BrN2O2S2. The Bertz CT molecular complexity index is 479. The lowest BCUT2D eigenvalue weighted by molar-refractivity contribution is 0.501. The minimum atomic E-state index is -3.36. The Labute approximate surface area is 107 Å². The maximum Gasteiger partial charge on any atom is 0.250 e. The molecule has 1 aliphatic carbocycles. The molecule has 2 rings (SSSR count). The fourth-order valence-corrected chi connectivity index (χ4v) is 4.60. The predicted molar refractivity (Wildman–Crippen MR) is 67.9 cm³/mol. The van der Waals surface area contributed by atoms with Gasteiger partial charge in [-0.05, 0) is 52.9 Å². The van der Waals surface area contributed by atoms with Gasteiger partial charge in [0.05, 0.1) is 3.79 Å². The first-order valence-electron chi connectivity index (χ1n) is 4.93. The molecule has 3 N–H and O–H groups in total. The number of rotatable bonds is 5. The molecule has 1 fully saturated rings. The van der Waals surface area contributed by atoms with E-state index >= 15 is 0 Å². The number of hydrogen-bond donors (Lipinski definition) is 2. The summed E-state index contributed by atoms with van der Waals surface area (Å²) in [5, 5.41) is 0. The van der Waals surface area contributed by atoms with Crippen LogP contribution in [0.3, 0.4) is 0 Å². The highest BCUT2D eigenvalue weighted by Crippen LogP contribution is 2.44. The molecule has 7 heteroatoms. The minimum absolute atomic E-state index is 0.0154. The molecule has 0 spiro atoms. The fraction of sp³-hybridized carbons (Fsp3) is 0.556. The maximum atomic E-state index is 11.9. The molecule has 0 bridgehead atoms. The third kappa shape index (κ3) is 2.65. The van der Waals surface area contributed by atoms with Gasteiger partial charge < -0.3 is 5.73 Å². The molecule has 0 aliphatic heterocycles. The molecule has 0 amide bonds. The number of nitrogens with one attached hydrogen (secondary N) is 1. The third-order valence-electron chi connectivity index (χ3n) is 2.84. The van der Waals surface area contributed by atoms with Gasteiger partial charge in [0.15, 0.2) is 0 Å². The van der Waals surface area contributed by atoms with Crippen molar-refractivity contribution in [1.82, 2.24) is 4.72 Å². The Morgan fingerprint density at radius 2 is 2.19 bits per heavy atom. The van der Waals surface area contributed by atoms with Crippen LogP contribution in [0.15, 0.2) is 20.1 Å². The molecule has 16 heavy (non-hydrogen) atoms. The van der Waals surface area contributed by atoms with Crippen LogP contribution in [-0.4, -0.2) is 21.5 Å². The highest BCUT2D eigenvalue weighted by molar-refractivity contribution is 9.11. The second-order valence-electron chi connectivity index (χ2n) is 4.09. The van der Waals surface area contributed by atoms with Crippen LogP contribution >= 0.6 is 27.3 Å². The minimum Gasteiger partial charge on any atom is -0.330 e. The van der Waals surface area contributed by atoms with Crippen LogP contribution < -0.4 is 10.5 Å². The molecule has 1 aromatic heterocycles. The summed E-state index contributed by atoms with van der Waals surface area (Å²) in [5.41, 5.74) is 5.62. The van der Waals surface area contributed by atoms with Crippen molar-refractivity contribution in [1.29, 1.82) is 0 Å². The second kappa shape index (κ2) is 4.38. The fourth-order valence-electron chi connectivity index (χ4n) is 1.39. The van der Waals surface area contributed by atoms with Crippen molar-refractivity contribution in [2.75, 3.05) is 13.1 Å². The summed E-state index contributed by atoms with van der Waals surface area (Å²) < 4.78 is 27.5. The smallest absolute Gasteiger partial charge is 0.250 e. The molecule has 1 heterocycles. The van der Waals surface area contributed by atoms with Gasteiger partial charge in [-0.1, -0.05) is 0 Å². The van der Waals surface area contributed by atoms with Gasteiger partial charge in [-0.2, -0.15) is 0 Å². The second-order valence-corrected chi connectivity index (χ2v) is 8.54. The van der Waals surface area contributed by atoms with E-state index in [1.165, 1.54) is 11.3 Å². The van der Waals surface area contributed by atoms with Crippen LogP contribution in [-0.2, 0) is 10.0 Å². The van der Waals surface area contributed by atoms with E-state index in [-0.39, 0.29) is 5.41 Å². The number of thiophene rings is 1. The van der Waals surface area contributed by atoms with Crippen LogP contribution in [0.5, 0.6) is 0 Å². The summed E-state index contributed by atoms with van der Waals surface area (Å²) in [6, 6.07) is 3.33. The van der Waals surface area contributed by atoms with Crippen molar-refractivity contribution in [3.8, 4) is 0 Å². The van der Waals surface area contributed by atoms with Crippen molar-refractivity contribution in [2.24, 2.45) is 11.1 Å². The van der Waals surface area contributed by atoms with Gasteiger partial charge in [0.2, 0.25) is 10.0 Å². The van der Waals surface area contributed by atoms with Crippen molar-refractivity contribution in [3.05, 3.63) is 15.9 Å². The monoisotopic (exact) mass is 324 g/mol. The van der Waals surface area contributed by atoms with Crippen molar-refractivity contribution >= 4 is 37.3 Å². The summed E-state index contributed by atoms with van der Waals surface area (Å²) >= 11 is 4.46. The number of hydrogen-bond acceptors (Lipinski definition) is 4. The van der Waals surface area contributed by atoms with E-state index in [2.05, 4.69) is 20.7 Å². The summed E-state index contributed by atoms with van der Waals surface area (Å²) in [4.78, 5) is 0. The molecule has 0 radical (unpaired) electrons. The predicted octanol–water partition coefficient (Wildman–Crippen LogP) is 1.53. The first kappa shape index (κ1) is 12.5. The molecule has 4 nitrogen and oxygen atoms in total. The van der Waals surface area contributed by atoms with E-state index in [4.69, 9.17) is 5.73 Å². The van der Waals surface area contributed by atoms with Crippen LogP contribution in [0.1, 0.15) is 12.8 Å². The van der Waals surface area contributed by atoms with Crippen molar-refractivity contribution in [2.45, 2.75) is 17.1 Å².